The third kappa shape index (κ3) is 6.45. The van der Waals surface area contributed by atoms with Gasteiger partial charge in [0.2, 0.25) is 0 Å². The molecule has 0 aliphatic carbocycles. The maximum atomic E-state index is 10.5. The summed E-state index contributed by atoms with van der Waals surface area (Å²) in [6, 6.07) is 0. The van der Waals surface area contributed by atoms with Gasteiger partial charge in [-0.3, -0.25) is 0 Å². The molecule has 9 N–H and O–H groups in total. The maximum absolute atomic E-state index is 10.5. The Morgan fingerprint density at radius 1 is 0.767 bits per heavy atom. The monoisotopic (exact) mass is 459 g/mol. The van der Waals surface area contributed by atoms with Crippen LogP contribution in [-0.4, -0.2) is 135 Å². The van der Waals surface area contributed by atoms with Gasteiger partial charge >= 0.3 is 0 Å². The summed E-state index contributed by atoms with van der Waals surface area (Å²) in [7, 11) is 0. The van der Waals surface area contributed by atoms with E-state index in [0.717, 1.165) is 11.5 Å². The number of nitrogens with two attached hydrogens (primary N) is 1. The molecule has 12 nitrogen and oxygen atoms in total. The molecule has 0 aromatic rings. The number of ether oxygens (including phenoxy) is 4. The van der Waals surface area contributed by atoms with E-state index in [0.29, 0.717) is 13.0 Å². The van der Waals surface area contributed by atoms with Crippen LogP contribution in [0.3, 0.4) is 0 Å². The second-order valence-electron chi connectivity index (χ2n) is 7.13. The second-order valence-corrected chi connectivity index (χ2v) is 8.35. The van der Waals surface area contributed by atoms with Crippen LogP contribution in [0.2, 0.25) is 0 Å². The highest BCUT2D eigenvalue weighted by Crippen LogP contribution is 2.29. The van der Waals surface area contributed by atoms with Gasteiger partial charge in [0.1, 0.15) is 48.8 Å². The van der Waals surface area contributed by atoms with Crippen LogP contribution in [0.4, 0.5) is 0 Å². The predicted molar refractivity (Wildman–Crippen MR) is 103 cm³/mol. The first-order valence-electron chi connectivity index (χ1n) is 9.83. The van der Waals surface area contributed by atoms with Gasteiger partial charge in [0.15, 0.2) is 12.6 Å². The number of hydrogen-bond donors (Lipinski definition) is 8. The fourth-order valence-electron chi connectivity index (χ4n) is 3.22. The van der Waals surface area contributed by atoms with E-state index < -0.39 is 74.6 Å². The summed E-state index contributed by atoms with van der Waals surface area (Å²) in [6.45, 7) is -0.437. The molecule has 13 heteroatoms. The van der Waals surface area contributed by atoms with E-state index in [1.807, 2.05) is 0 Å². The van der Waals surface area contributed by atoms with Gasteiger partial charge < -0.3 is 60.4 Å². The molecule has 2 saturated heterocycles. The van der Waals surface area contributed by atoms with Gasteiger partial charge in [-0.2, -0.15) is 11.8 Å². The average Bonchev–Trinajstić information content (AvgIpc) is 2.75. The summed E-state index contributed by atoms with van der Waals surface area (Å²) in [5, 5.41) is 69.3. The molecule has 0 amide bonds. The molecular formula is C17H33NO11S. The fraction of sp³-hybridized carbons (Fsp3) is 1.00. The summed E-state index contributed by atoms with van der Waals surface area (Å²) in [4.78, 5) is 0. The normalized spacial score (nSPS) is 42.4. The molecule has 0 aromatic heterocycles. The van der Waals surface area contributed by atoms with E-state index in [1.165, 1.54) is 0 Å². The van der Waals surface area contributed by atoms with Crippen LogP contribution in [-0.2, 0) is 18.9 Å². The molecule has 2 aliphatic rings. The highest BCUT2D eigenvalue weighted by Gasteiger charge is 2.50. The molecule has 2 fully saturated rings. The molecule has 0 radical (unpaired) electrons. The molecule has 4 unspecified atom stereocenters. The summed E-state index contributed by atoms with van der Waals surface area (Å²) in [5.74, 6) is 1.58. The maximum Gasteiger partial charge on any atom is 0.187 e. The predicted octanol–water partition coefficient (Wildman–Crippen LogP) is -4.29. The first-order chi connectivity index (χ1) is 14.3. The zero-order valence-electron chi connectivity index (χ0n) is 16.5. The topological polar surface area (TPSA) is 205 Å². The molecule has 0 bridgehead atoms. The van der Waals surface area contributed by atoms with Gasteiger partial charge in [0.25, 0.3) is 0 Å². The molecule has 0 saturated carbocycles. The number of aliphatic hydroxyl groups excluding tert-OH is 7. The largest absolute Gasteiger partial charge is 0.394 e. The SMILES string of the molecule is NCCSCCCO[C@@H]1OC(CO)[C@H](O)[C@H](O)C1O[C@@H]1OC(CO)[C@H](O)[C@H](O)C1O. The van der Waals surface area contributed by atoms with Crippen LogP contribution < -0.4 is 5.73 Å². The van der Waals surface area contributed by atoms with E-state index in [4.69, 9.17) is 24.7 Å². The Labute approximate surface area is 178 Å². The molecule has 0 spiro atoms. The van der Waals surface area contributed by atoms with Crippen molar-refractivity contribution in [1.29, 1.82) is 0 Å². The van der Waals surface area contributed by atoms with Gasteiger partial charge in [0.05, 0.1) is 19.8 Å². The van der Waals surface area contributed by atoms with Crippen molar-refractivity contribution in [3.63, 3.8) is 0 Å². The van der Waals surface area contributed by atoms with Gasteiger partial charge in [-0.25, -0.2) is 0 Å². The molecule has 0 aromatic carbocycles. The van der Waals surface area contributed by atoms with Gasteiger partial charge in [-0.05, 0) is 12.2 Å². The van der Waals surface area contributed by atoms with Crippen LogP contribution in [0.15, 0.2) is 0 Å². The highest BCUT2D eigenvalue weighted by atomic mass is 32.2. The third-order valence-electron chi connectivity index (χ3n) is 4.94. The van der Waals surface area contributed by atoms with Crippen molar-refractivity contribution in [1.82, 2.24) is 0 Å². The van der Waals surface area contributed by atoms with E-state index >= 15 is 0 Å². The van der Waals surface area contributed by atoms with Crippen LogP contribution in [0.5, 0.6) is 0 Å². The van der Waals surface area contributed by atoms with E-state index in [-0.39, 0.29) is 6.61 Å². The Balaban J connectivity index is 2.04. The smallest absolute Gasteiger partial charge is 0.187 e. The third-order valence-corrected chi connectivity index (χ3v) is 6.04. The molecule has 30 heavy (non-hydrogen) atoms. The summed E-state index contributed by atoms with van der Waals surface area (Å²) < 4.78 is 22.0. The van der Waals surface area contributed by atoms with Gasteiger partial charge in [-0.1, -0.05) is 0 Å². The lowest BCUT2D eigenvalue weighted by Crippen LogP contribution is -2.64. The van der Waals surface area contributed by atoms with Crippen molar-refractivity contribution in [3.8, 4) is 0 Å². The lowest BCUT2D eigenvalue weighted by Gasteiger charge is -2.45. The zero-order chi connectivity index (χ0) is 22.3. The van der Waals surface area contributed by atoms with Crippen molar-refractivity contribution in [3.05, 3.63) is 0 Å². The first kappa shape index (κ1) is 26.1. The minimum absolute atomic E-state index is 0.220. The standard InChI is InChI=1S/C17H33NO11S/c18-2-5-30-4-1-3-26-17-15(13(24)11(22)9(7-20)28-17)29-16-14(25)12(23)10(21)8(6-19)27-16/h8-17,19-25H,1-7,18H2/t8?,9?,10-,11-,12-,13-,14?,15?,16-,17+/m0/s1. The minimum atomic E-state index is -1.70. The first-order valence-corrected chi connectivity index (χ1v) is 11.0. The van der Waals surface area contributed by atoms with Crippen LogP contribution in [0.1, 0.15) is 6.42 Å². The Hall–Kier alpha value is -0.130. The van der Waals surface area contributed by atoms with Crippen molar-refractivity contribution < 1.29 is 54.7 Å². The summed E-state index contributed by atoms with van der Waals surface area (Å²) >= 11 is 1.64. The quantitative estimate of drug-likeness (QED) is 0.138. The van der Waals surface area contributed by atoms with Crippen molar-refractivity contribution in [2.75, 3.05) is 37.9 Å². The Morgan fingerprint density at radius 3 is 1.97 bits per heavy atom. The number of aliphatic hydroxyl groups is 7. The average molecular weight is 460 g/mol. The highest BCUT2D eigenvalue weighted by molar-refractivity contribution is 7.99. The Morgan fingerprint density at radius 2 is 1.37 bits per heavy atom. The fourth-order valence-corrected chi connectivity index (χ4v) is 3.91. The number of thioether (sulfide) groups is 1. The van der Waals surface area contributed by atoms with E-state index in [9.17, 15) is 35.7 Å². The molecule has 2 aliphatic heterocycles. The van der Waals surface area contributed by atoms with Crippen molar-refractivity contribution >= 4 is 11.8 Å². The van der Waals surface area contributed by atoms with Gasteiger partial charge in [-0.15, -0.1) is 0 Å². The lowest BCUT2D eigenvalue weighted by molar-refractivity contribution is -0.367. The van der Waals surface area contributed by atoms with E-state index in [2.05, 4.69) is 0 Å². The summed E-state index contributed by atoms with van der Waals surface area (Å²) in [5.41, 5.74) is 5.43. The lowest BCUT2D eigenvalue weighted by atomic mass is 9.97. The number of rotatable bonds is 11. The van der Waals surface area contributed by atoms with E-state index in [1.54, 1.807) is 11.8 Å². The molecule has 2 rings (SSSR count). The van der Waals surface area contributed by atoms with Crippen LogP contribution >= 0.6 is 11.8 Å². The number of hydrogen-bond acceptors (Lipinski definition) is 13. The summed E-state index contributed by atoms with van der Waals surface area (Å²) in [6.07, 6.45) is -13.8. The Bertz CT molecular complexity index is 491. The molecule has 10 atom stereocenters. The molecule has 2 heterocycles. The minimum Gasteiger partial charge on any atom is -0.394 e. The molecule has 178 valence electrons. The van der Waals surface area contributed by atoms with Gasteiger partial charge in [0, 0.05) is 12.3 Å². The van der Waals surface area contributed by atoms with Crippen molar-refractivity contribution in [2.24, 2.45) is 5.73 Å². The Kier molecular flexibility index (Phi) is 11.1. The van der Waals surface area contributed by atoms with Crippen molar-refractivity contribution in [2.45, 2.75) is 67.8 Å². The second kappa shape index (κ2) is 12.8. The molecular weight excluding hydrogens is 426 g/mol. The zero-order valence-corrected chi connectivity index (χ0v) is 17.3. The van der Waals surface area contributed by atoms with Crippen LogP contribution in [0, 0.1) is 0 Å². The van der Waals surface area contributed by atoms with Crippen LogP contribution in [0.25, 0.3) is 0 Å².